The Balaban J connectivity index is 2.58. The molecule has 0 aromatic carbocycles. The predicted molar refractivity (Wildman–Crippen MR) is 43.5 cm³/mol. The normalized spacial score (nSPS) is 10.4. The number of nitrogens with zero attached hydrogens (tertiary/aromatic N) is 2. The molecule has 0 radical (unpaired) electrons. The van der Waals surface area contributed by atoms with Crippen LogP contribution in [0.3, 0.4) is 0 Å². The summed E-state index contributed by atoms with van der Waals surface area (Å²) in [6.45, 7) is 1.28. The van der Waals surface area contributed by atoms with Gasteiger partial charge in [-0.15, -0.1) is 0 Å². The molecule has 0 bridgehead atoms. The molecule has 0 aliphatic rings. The Labute approximate surface area is 69.9 Å². The van der Waals surface area contributed by atoms with Crippen LogP contribution in [0.5, 0.6) is 0 Å². The fraction of sp³-hybridized carbons (Fsp3) is 0.500. The van der Waals surface area contributed by atoms with Crippen LogP contribution in [-0.4, -0.2) is 23.5 Å². The summed E-state index contributed by atoms with van der Waals surface area (Å²) in [5.41, 5.74) is 5.41. The minimum absolute atomic E-state index is 0.364. The van der Waals surface area contributed by atoms with Crippen molar-refractivity contribution < 1.29 is 4.74 Å². The number of nitrogens with two attached hydrogens (primary N) is 1. The largest absolute Gasteiger partial charge is 0.383 e. The van der Waals surface area contributed by atoms with Crippen molar-refractivity contribution in [2.45, 2.75) is 6.54 Å². The molecule has 1 aromatic heterocycles. The van der Waals surface area contributed by atoms with Crippen LogP contribution in [-0.2, 0) is 11.3 Å². The summed E-state index contributed by atoms with van der Waals surface area (Å²) in [6.07, 6.45) is 1.68. The summed E-state index contributed by atoms with van der Waals surface area (Å²) in [5.74, 6) is 0.364. The number of anilines is 1. The van der Waals surface area contributed by atoms with Gasteiger partial charge in [0.1, 0.15) is 5.02 Å². The van der Waals surface area contributed by atoms with Crippen molar-refractivity contribution in [3.05, 3.63) is 11.2 Å². The van der Waals surface area contributed by atoms with Crippen molar-refractivity contribution in [2.24, 2.45) is 0 Å². The molecule has 0 amide bonds. The highest BCUT2D eigenvalue weighted by molar-refractivity contribution is 6.32. The molecule has 62 valence electrons. The van der Waals surface area contributed by atoms with E-state index in [9.17, 15) is 0 Å². The van der Waals surface area contributed by atoms with Crippen molar-refractivity contribution >= 4 is 17.4 Å². The number of hydrogen-bond acceptors (Lipinski definition) is 3. The van der Waals surface area contributed by atoms with Crippen molar-refractivity contribution in [3.8, 4) is 0 Å². The van der Waals surface area contributed by atoms with Gasteiger partial charge in [0.15, 0.2) is 5.82 Å². The molecule has 0 fully saturated rings. The van der Waals surface area contributed by atoms with E-state index < -0.39 is 0 Å². The molecule has 1 aromatic rings. The first-order valence-corrected chi connectivity index (χ1v) is 3.59. The zero-order valence-electron chi connectivity index (χ0n) is 6.25. The predicted octanol–water partition coefficient (Wildman–Crippen LogP) is 0.765. The number of methoxy groups -OCH3 is 1. The van der Waals surface area contributed by atoms with Crippen LogP contribution in [0.1, 0.15) is 0 Å². The van der Waals surface area contributed by atoms with Gasteiger partial charge in [0.05, 0.1) is 13.2 Å². The maximum atomic E-state index is 5.66. The van der Waals surface area contributed by atoms with Crippen molar-refractivity contribution in [1.82, 2.24) is 9.78 Å². The van der Waals surface area contributed by atoms with Gasteiger partial charge in [-0.3, -0.25) is 4.68 Å². The maximum absolute atomic E-state index is 5.66. The Morgan fingerprint density at radius 2 is 2.55 bits per heavy atom. The molecule has 0 spiro atoms. The zero-order valence-corrected chi connectivity index (χ0v) is 7.01. The lowest BCUT2D eigenvalue weighted by atomic mass is 10.6. The van der Waals surface area contributed by atoms with E-state index in [2.05, 4.69) is 5.10 Å². The minimum atomic E-state index is 0.364. The lowest BCUT2D eigenvalue weighted by Crippen LogP contribution is -2.04. The second-order valence-electron chi connectivity index (χ2n) is 2.12. The standard InChI is InChI=1S/C6H10ClN3O/c1-11-3-2-10-4-5(7)6(8)9-10/h4H,2-3H2,1H3,(H2,8,9). The first-order valence-electron chi connectivity index (χ1n) is 3.21. The fourth-order valence-electron chi connectivity index (χ4n) is 0.711. The van der Waals surface area contributed by atoms with E-state index in [1.165, 1.54) is 0 Å². The van der Waals surface area contributed by atoms with Gasteiger partial charge in [0, 0.05) is 13.3 Å². The highest BCUT2D eigenvalue weighted by Crippen LogP contribution is 2.14. The van der Waals surface area contributed by atoms with Crippen LogP contribution in [0.15, 0.2) is 6.20 Å². The SMILES string of the molecule is COCCn1cc(Cl)c(N)n1. The molecule has 11 heavy (non-hydrogen) atoms. The molecule has 0 aliphatic heterocycles. The van der Waals surface area contributed by atoms with Gasteiger partial charge in [-0.2, -0.15) is 5.10 Å². The van der Waals surface area contributed by atoms with E-state index in [-0.39, 0.29) is 0 Å². The number of hydrogen-bond donors (Lipinski definition) is 1. The number of rotatable bonds is 3. The molecule has 0 aliphatic carbocycles. The second kappa shape index (κ2) is 3.59. The van der Waals surface area contributed by atoms with Crippen LogP contribution in [0.25, 0.3) is 0 Å². The zero-order chi connectivity index (χ0) is 8.27. The number of aromatic nitrogens is 2. The topological polar surface area (TPSA) is 53.1 Å². The van der Waals surface area contributed by atoms with Gasteiger partial charge in [-0.05, 0) is 0 Å². The van der Waals surface area contributed by atoms with Crippen molar-refractivity contribution in [2.75, 3.05) is 19.5 Å². The Morgan fingerprint density at radius 3 is 3.00 bits per heavy atom. The van der Waals surface area contributed by atoms with Gasteiger partial charge in [0.25, 0.3) is 0 Å². The summed E-state index contributed by atoms with van der Waals surface area (Å²) in [5, 5.41) is 4.42. The van der Waals surface area contributed by atoms with Gasteiger partial charge >= 0.3 is 0 Å². The van der Waals surface area contributed by atoms with E-state index in [0.29, 0.717) is 24.0 Å². The first kappa shape index (κ1) is 8.36. The highest BCUT2D eigenvalue weighted by atomic mass is 35.5. The number of ether oxygens (including phenoxy) is 1. The molecule has 1 heterocycles. The molecule has 1 rings (SSSR count). The molecular formula is C6H10ClN3O. The molecule has 5 heteroatoms. The molecular weight excluding hydrogens is 166 g/mol. The van der Waals surface area contributed by atoms with Crippen LogP contribution in [0.2, 0.25) is 5.02 Å². The van der Waals surface area contributed by atoms with Crippen LogP contribution < -0.4 is 5.73 Å². The average Bonchev–Trinajstić information content (AvgIpc) is 2.28. The molecule has 0 unspecified atom stereocenters. The lowest BCUT2D eigenvalue weighted by molar-refractivity contribution is 0.183. The smallest absolute Gasteiger partial charge is 0.164 e. The van der Waals surface area contributed by atoms with Gasteiger partial charge in [-0.1, -0.05) is 11.6 Å². The first-order chi connectivity index (χ1) is 5.24. The Bertz CT molecular complexity index is 216. The summed E-state index contributed by atoms with van der Waals surface area (Å²) in [4.78, 5) is 0. The molecule has 0 saturated heterocycles. The molecule has 4 nitrogen and oxygen atoms in total. The van der Waals surface area contributed by atoms with Crippen LogP contribution in [0.4, 0.5) is 5.82 Å². The number of nitrogen functional groups attached to an aromatic ring is 1. The van der Waals surface area contributed by atoms with Gasteiger partial charge < -0.3 is 10.5 Å². The lowest BCUT2D eigenvalue weighted by Gasteiger charge is -1.97. The van der Waals surface area contributed by atoms with Crippen LogP contribution in [0, 0.1) is 0 Å². The molecule has 0 saturated carbocycles. The van der Waals surface area contributed by atoms with E-state index in [1.807, 2.05) is 0 Å². The van der Waals surface area contributed by atoms with Gasteiger partial charge in [-0.25, -0.2) is 0 Å². The summed E-state index contributed by atoms with van der Waals surface area (Å²) in [7, 11) is 1.63. The summed E-state index contributed by atoms with van der Waals surface area (Å²) in [6, 6.07) is 0. The number of halogens is 1. The van der Waals surface area contributed by atoms with E-state index in [0.717, 1.165) is 0 Å². The highest BCUT2D eigenvalue weighted by Gasteiger charge is 2.00. The van der Waals surface area contributed by atoms with E-state index >= 15 is 0 Å². The Hall–Kier alpha value is -0.740. The third-order valence-corrected chi connectivity index (χ3v) is 1.56. The molecule has 0 atom stereocenters. The second-order valence-corrected chi connectivity index (χ2v) is 2.53. The average molecular weight is 176 g/mol. The Kier molecular flexibility index (Phi) is 2.73. The van der Waals surface area contributed by atoms with Crippen LogP contribution >= 0.6 is 11.6 Å². The quantitative estimate of drug-likeness (QED) is 0.738. The third kappa shape index (κ3) is 2.10. The van der Waals surface area contributed by atoms with Crippen molar-refractivity contribution in [1.29, 1.82) is 0 Å². The van der Waals surface area contributed by atoms with E-state index in [4.69, 9.17) is 22.1 Å². The maximum Gasteiger partial charge on any atom is 0.164 e. The third-order valence-electron chi connectivity index (χ3n) is 1.27. The van der Waals surface area contributed by atoms with Crippen molar-refractivity contribution in [3.63, 3.8) is 0 Å². The summed E-state index contributed by atoms with van der Waals surface area (Å²) < 4.78 is 6.50. The Morgan fingerprint density at radius 1 is 1.82 bits per heavy atom. The van der Waals surface area contributed by atoms with E-state index in [1.54, 1.807) is 18.0 Å². The van der Waals surface area contributed by atoms with Gasteiger partial charge in [0.2, 0.25) is 0 Å². The molecule has 2 N–H and O–H groups in total. The minimum Gasteiger partial charge on any atom is -0.383 e. The monoisotopic (exact) mass is 175 g/mol. The fourth-order valence-corrected chi connectivity index (χ4v) is 0.862. The summed E-state index contributed by atoms with van der Waals surface area (Å²) >= 11 is 5.66.